The van der Waals surface area contributed by atoms with Crippen molar-refractivity contribution in [2.24, 2.45) is 0 Å². The van der Waals surface area contributed by atoms with Crippen molar-refractivity contribution in [3.05, 3.63) is 23.5 Å². The first-order chi connectivity index (χ1) is 9.76. The summed E-state index contributed by atoms with van der Waals surface area (Å²) in [5.41, 5.74) is 1.99. The van der Waals surface area contributed by atoms with Gasteiger partial charge in [-0.05, 0) is 26.3 Å². The third-order valence-corrected chi connectivity index (χ3v) is 2.85. The minimum Gasteiger partial charge on any atom is -0.497 e. The van der Waals surface area contributed by atoms with E-state index in [4.69, 9.17) is 14.2 Å². The molecule has 0 amide bonds. The van der Waals surface area contributed by atoms with E-state index < -0.39 is 0 Å². The summed E-state index contributed by atoms with van der Waals surface area (Å²) in [5, 5.41) is 3.38. The number of rotatable bonds is 11. The summed E-state index contributed by atoms with van der Waals surface area (Å²) in [5.74, 6) is 0.862. The highest BCUT2D eigenvalue weighted by atomic mass is 16.5. The topological polar surface area (TPSA) is 52.6 Å². The average molecular weight is 282 g/mol. The highest BCUT2D eigenvalue weighted by Crippen LogP contribution is 2.12. The van der Waals surface area contributed by atoms with Crippen molar-refractivity contribution in [1.29, 1.82) is 0 Å². The van der Waals surface area contributed by atoms with Gasteiger partial charge in [-0.25, -0.2) is 0 Å². The fourth-order valence-electron chi connectivity index (χ4n) is 1.83. The van der Waals surface area contributed by atoms with E-state index in [9.17, 15) is 0 Å². The molecular formula is C15H26N2O3. The lowest BCUT2D eigenvalue weighted by atomic mass is 10.2. The molecule has 1 aromatic rings. The van der Waals surface area contributed by atoms with E-state index >= 15 is 0 Å². The van der Waals surface area contributed by atoms with E-state index in [-0.39, 0.29) is 0 Å². The number of hydrogen-bond donors (Lipinski definition) is 1. The second-order valence-electron chi connectivity index (χ2n) is 4.63. The monoisotopic (exact) mass is 282 g/mol. The summed E-state index contributed by atoms with van der Waals surface area (Å²) >= 11 is 0. The Morgan fingerprint density at radius 2 is 1.95 bits per heavy atom. The summed E-state index contributed by atoms with van der Waals surface area (Å²) < 4.78 is 15.5. The largest absolute Gasteiger partial charge is 0.497 e. The van der Waals surface area contributed by atoms with Crippen LogP contribution >= 0.6 is 0 Å². The Kier molecular flexibility index (Phi) is 8.95. The first kappa shape index (κ1) is 16.9. The average Bonchev–Trinajstić information content (AvgIpc) is 2.45. The number of unbranched alkanes of at least 4 members (excludes halogenated alkanes) is 1. The van der Waals surface area contributed by atoms with Gasteiger partial charge < -0.3 is 19.5 Å². The second kappa shape index (κ2) is 10.6. The van der Waals surface area contributed by atoms with Crippen molar-refractivity contribution in [2.45, 2.75) is 26.3 Å². The zero-order valence-electron chi connectivity index (χ0n) is 12.8. The van der Waals surface area contributed by atoms with Crippen molar-refractivity contribution in [1.82, 2.24) is 10.3 Å². The highest BCUT2D eigenvalue weighted by Gasteiger charge is 2.00. The van der Waals surface area contributed by atoms with Gasteiger partial charge in [0.25, 0.3) is 0 Å². The van der Waals surface area contributed by atoms with Crippen LogP contribution in [0.25, 0.3) is 0 Å². The van der Waals surface area contributed by atoms with Gasteiger partial charge in [0.05, 0.1) is 26.0 Å². The van der Waals surface area contributed by atoms with E-state index in [2.05, 4.69) is 10.3 Å². The number of nitrogens with one attached hydrogen (secondary N) is 1. The molecule has 0 aromatic carbocycles. The van der Waals surface area contributed by atoms with Crippen molar-refractivity contribution in [2.75, 3.05) is 40.6 Å². The SMILES string of the molecule is COCCOCCCCNCc1cc(OC)cc(C)n1. The number of aromatic nitrogens is 1. The Hall–Kier alpha value is -1.17. The number of hydrogen-bond acceptors (Lipinski definition) is 5. The van der Waals surface area contributed by atoms with Crippen LogP contribution in [0.15, 0.2) is 12.1 Å². The van der Waals surface area contributed by atoms with Gasteiger partial charge in [0.2, 0.25) is 0 Å². The lowest BCUT2D eigenvalue weighted by molar-refractivity contribution is 0.0688. The molecule has 1 aromatic heterocycles. The standard InChI is InChI=1S/C15H26N2O3/c1-13-10-15(19-3)11-14(17-13)12-16-6-4-5-7-20-9-8-18-2/h10-11,16H,4-9,12H2,1-3H3. The number of methoxy groups -OCH3 is 2. The molecule has 0 spiro atoms. The zero-order valence-corrected chi connectivity index (χ0v) is 12.8. The molecular weight excluding hydrogens is 256 g/mol. The molecule has 0 radical (unpaired) electrons. The van der Waals surface area contributed by atoms with Crippen LogP contribution in [0.3, 0.4) is 0 Å². The minimum absolute atomic E-state index is 0.666. The molecule has 0 bridgehead atoms. The Balaban J connectivity index is 2.08. The first-order valence-corrected chi connectivity index (χ1v) is 7.05. The Morgan fingerprint density at radius 1 is 1.10 bits per heavy atom. The Bertz CT molecular complexity index is 372. The maximum absolute atomic E-state index is 5.40. The molecule has 0 aliphatic heterocycles. The third-order valence-electron chi connectivity index (χ3n) is 2.85. The van der Waals surface area contributed by atoms with Gasteiger partial charge >= 0.3 is 0 Å². The molecule has 0 unspecified atom stereocenters. The van der Waals surface area contributed by atoms with Gasteiger partial charge in [0.1, 0.15) is 5.75 Å². The summed E-state index contributed by atoms with van der Waals surface area (Å²) in [6.07, 6.45) is 2.15. The third kappa shape index (κ3) is 7.43. The Labute approximate surface area is 121 Å². The molecule has 20 heavy (non-hydrogen) atoms. The number of aryl methyl sites for hydroxylation is 1. The van der Waals surface area contributed by atoms with Crippen LogP contribution in [0.4, 0.5) is 0 Å². The number of nitrogens with zero attached hydrogens (tertiary/aromatic N) is 1. The van der Waals surface area contributed by atoms with E-state index in [1.54, 1.807) is 14.2 Å². The minimum atomic E-state index is 0.666. The fraction of sp³-hybridized carbons (Fsp3) is 0.667. The molecule has 1 heterocycles. The molecule has 0 fully saturated rings. The molecule has 5 heteroatoms. The molecule has 114 valence electrons. The zero-order chi connectivity index (χ0) is 14.6. The van der Waals surface area contributed by atoms with Crippen LogP contribution in [0, 0.1) is 6.92 Å². The molecule has 0 aliphatic carbocycles. The Morgan fingerprint density at radius 3 is 2.70 bits per heavy atom. The highest BCUT2D eigenvalue weighted by molar-refractivity contribution is 5.26. The van der Waals surface area contributed by atoms with E-state index in [1.807, 2.05) is 19.1 Å². The van der Waals surface area contributed by atoms with Gasteiger partial charge in [-0.1, -0.05) is 0 Å². The van der Waals surface area contributed by atoms with Gasteiger partial charge in [-0.3, -0.25) is 4.98 Å². The van der Waals surface area contributed by atoms with Crippen LogP contribution < -0.4 is 10.1 Å². The molecule has 1 rings (SSSR count). The van der Waals surface area contributed by atoms with E-state index in [0.717, 1.165) is 49.7 Å². The quantitative estimate of drug-likeness (QED) is 0.629. The van der Waals surface area contributed by atoms with Crippen LogP contribution in [-0.2, 0) is 16.0 Å². The van der Waals surface area contributed by atoms with Crippen LogP contribution in [0.2, 0.25) is 0 Å². The molecule has 1 N–H and O–H groups in total. The maximum atomic E-state index is 5.40. The molecule has 0 saturated carbocycles. The van der Waals surface area contributed by atoms with E-state index in [0.29, 0.717) is 13.2 Å². The van der Waals surface area contributed by atoms with Crippen molar-refractivity contribution >= 4 is 0 Å². The summed E-state index contributed by atoms with van der Waals surface area (Å²) in [6, 6.07) is 3.90. The molecule has 0 aliphatic rings. The lowest BCUT2D eigenvalue weighted by Crippen LogP contribution is -2.16. The maximum Gasteiger partial charge on any atom is 0.122 e. The van der Waals surface area contributed by atoms with Crippen molar-refractivity contribution < 1.29 is 14.2 Å². The summed E-state index contributed by atoms with van der Waals surface area (Å²) in [7, 11) is 3.36. The van der Waals surface area contributed by atoms with Crippen molar-refractivity contribution in [3.63, 3.8) is 0 Å². The van der Waals surface area contributed by atoms with Crippen LogP contribution in [0.1, 0.15) is 24.2 Å². The fourth-order valence-corrected chi connectivity index (χ4v) is 1.83. The lowest BCUT2D eigenvalue weighted by Gasteiger charge is -2.08. The molecule has 0 atom stereocenters. The van der Waals surface area contributed by atoms with Gasteiger partial charge in [-0.2, -0.15) is 0 Å². The number of pyridine rings is 1. The predicted octanol–water partition coefficient (Wildman–Crippen LogP) is 1.93. The summed E-state index contributed by atoms with van der Waals surface area (Å²) in [6.45, 7) is 5.84. The summed E-state index contributed by atoms with van der Waals surface area (Å²) in [4.78, 5) is 4.47. The van der Waals surface area contributed by atoms with Crippen LogP contribution in [-0.4, -0.2) is 45.6 Å². The molecule has 5 nitrogen and oxygen atoms in total. The smallest absolute Gasteiger partial charge is 0.122 e. The predicted molar refractivity (Wildman–Crippen MR) is 79.2 cm³/mol. The van der Waals surface area contributed by atoms with Crippen LogP contribution in [0.5, 0.6) is 5.75 Å². The number of ether oxygens (including phenoxy) is 3. The second-order valence-corrected chi connectivity index (χ2v) is 4.63. The molecule has 0 saturated heterocycles. The van der Waals surface area contributed by atoms with Gasteiger partial charge in [0, 0.05) is 38.1 Å². The normalized spacial score (nSPS) is 10.8. The first-order valence-electron chi connectivity index (χ1n) is 7.05. The van der Waals surface area contributed by atoms with Crippen molar-refractivity contribution in [3.8, 4) is 5.75 Å². The van der Waals surface area contributed by atoms with Gasteiger partial charge in [0.15, 0.2) is 0 Å². The van der Waals surface area contributed by atoms with E-state index in [1.165, 1.54) is 0 Å². The van der Waals surface area contributed by atoms with Gasteiger partial charge in [-0.15, -0.1) is 0 Å².